The summed E-state index contributed by atoms with van der Waals surface area (Å²) in [5, 5.41) is 8.84. The first kappa shape index (κ1) is 8.91. The van der Waals surface area contributed by atoms with Crippen molar-refractivity contribution in [2.45, 2.75) is 6.10 Å². The lowest BCUT2D eigenvalue weighted by atomic mass is 10.3. The van der Waals surface area contributed by atoms with E-state index in [0.29, 0.717) is 13.2 Å². The number of hydrogen-bond acceptors (Lipinski definition) is 3. The van der Waals surface area contributed by atoms with E-state index in [0.717, 1.165) is 0 Å². The maximum Gasteiger partial charge on any atom is 0.0977 e. The molecule has 1 aliphatic rings. The minimum Gasteiger partial charge on any atom is -0.387 e. The Morgan fingerprint density at radius 2 is 2.44 bits per heavy atom. The fraction of sp³-hybridized carbons (Fsp3) is 0.600. The quantitative estimate of drug-likeness (QED) is 0.474. The zero-order chi connectivity index (χ0) is 5.82. The van der Waals surface area contributed by atoms with E-state index in [4.69, 9.17) is 9.94 Å². The van der Waals surface area contributed by atoms with Gasteiger partial charge in [-0.3, -0.25) is 4.84 Å². The van der Waals surface area contributed by atoms with E-state index < -0.39 is 6.10 Å². The molecule has 0 aromatic rings. The zero-order valence-electron chi connectivity index (χ0n) is 4.91. The maximum absolute atomic E-state index is 8.84. The first-order chi connectivity index (χ1) is 3.89. The summed E-state index contributed by atoms with van der Waals surface area (Å²) in [7, 11) is 0. The van der Waals surface area contributed by atoms with E-state index in [-0.39, 0.29) is 12.4 Å². The van der Waals surface area contributed by atoms with Crippen molar-refractivity contribution < 1.29 is 9.94 Å². The molecule has 2 N–H and O–H groups in total. The van der Waals surface area contributed by atoms with Crippen molar-refractivity contribution in [1.29, 1.82) is 0 Å². The van der Waals surface area contributed by atoms with Gasteiger partial charge in [-0.05, 0) is 0 Å². The van der Waals surface area contributed by atoms with Gasteiger partial charge in [0.15, 0.2) is 0 Å². The van der Waals surface area contributed by atoms with Gasteiger partial charge in [-0.25, -0.2) is 0 Å². The predicted molar refractivity (Wildman–Crippen MR) is 36.3 cm³/mol. The van der Waals surface area contributed by atoms with Crippen LogP contribution in [-0.2, 0) is 4.84 Å². The molecule has 1 atom stereocenters. The summed E-state index contributed by atoms with van der Waals surface area (Å²) in [6, 6.07) is 0. The summed E-state index contributed by atoms with van der Waals surface area (Å²) in [6.45, 7) is 1.02. The molecule has 1 heterocycles. The van der Waals surface area contributed by atoms with E-state index in [1.54, 1.807) is 6.08 Å². The molecule has 0 amide bonds. The van der Waals surface area contributed by atoms with Crippen LogP contribution in [0.1, 0.15) is 0 Å². The standard InChI is InChI=1S/C5H9NO2.ClH/c7-5-2-1-3-6-8-4-5;/h1-2,5-7H,3-4H2;1H. The molecule has 54 valence electrons. The SMILES string of the molecule is Cl.OC1C=CCNOC1. The summed E-state index contributed by atoms with van der Waals surface area (Å²) >= 11 is 0. The van der Waals surface area contributed by atoms with Crippen molar-refractivity contribution in [2.24, 2.45) is 0 Å². The number of aliphatic hydroxyl groups is 1. The van der Waals surface area contributed by atoms with Crippen molar-refractivity contribution in [3.05, 3.63) is 12.2 Å². The second kappa shape index (κ2) is 4.76. The fourth-order valence-electron chi connectivity index (χ4n) is 0.532. The molecule has 3 nitrogen and oxygen atoms in total. The molecule has 9 heavy (non-hydrogen) atoms. The van der Waals surface area contributed by atoms with Gasteiger partial charge in [-0.1, -0.05) is 12.2 Å². The van der Waals surface area contributed by atoms with Crippen molar-refractivity contribution in [3.63, 3.8) is 0 Å². The molecule has 0 radical (unpaired) electrons. The van der Waals surface area contributed by atoms with Gasteiger partial charge in [0.2, 0.25) is 0 Å². The van der Waals surface area contributed by atoms with Crippen molar-refractivity contribution >= 4 is 12.4 Å². The highest BCUT2D eigenvalue weighted by molar-refractivity contribution is 5.85. The number of rotatable bonds is 0. The molecular formula is C5H10ClNO2. The molecule has 1 unspecified atom stereocenters. The lowest BCUT2D eigenvalue weighted by molar-refractivity contribution is 0.00677. The maximum atomic E-state index is 8.84. The van der Waals surface area contributed by atoms with Crippen LogP contribution in [0.2, 0.25) is 0 Å². The highest BCUT2D eigenvalue weighted by Gasteiger charge is 2.00. The van der Waals surface area contributed by atoms with Gasteiger partial charge < -0.3 is 5.11 Å². The second-order valence-corrected chi connectivity index (χ2v) is 1.65. The molecule has 1 aliphatic heterocycles. The van der Waals surface area contributed by atoms with E-state index in [1.807, 2.05) is 6.08 Å². The molecule has 0 bridgehead atoms. The summed E-state index contributed by atoms with van der Waals surface area (Å²) in [6.07, 6.45) is 3.10. The zero-order valence-corrected chi connectivity index (χ0v) is 5.73. The molecule has 0 fully saturated rings. The lowest BCUT2D eigenvalue weighted by Crippen LogP contribution is -2.17. The highest BCUT2D eigenvalue weighted by atomic mass is 35.5. The molecule has 4 heteroatoms. The smallest absolute Gasteiger partial charge is 0.0977 e. The van der Waals surface area contributed by atoms with Crippen LogP contribution in [0.4, 0.5) is 0 Å². The Hall–Kier alpha value is -0.0900. The Kier molecular flexibility index (Phi) is 4.71. The summed E-state index contributed by atoms with van der Waals surface area (Å²) < 4.78 is 0. The number of hydrogen-bond donors (Lipinski definition) is 2. The van der Waals surface area contributed by atoms with Crippen LogP contribution in [-0.4, -0.2) is 24.4 Å². The molecule has 0 aromatic heterocycles. The van der Waals surface area contributed by atoms with Crippen LogP contribution >= 0.6 is 12.4 Å². The molecule has 0 spiro atoms. The van der Waals surface area contributed by atoms with E-state index in [9.17, 15) is 0 Å². The summed E-state index contributed by atoms with van der Waals surface area (Å²) in [5.41, 5.74) is 2.63. The second-order valence-electron chi connectivity index (χ2n) is 1.65. The Morgan fingerprint density at radius 1 is 1.67 bits per heavy atom. The third-order valence-corrected chi connectivity index (χ3v) is 0.916. The molecule has 0 saturated heterocycles. The summed E-state index contributed by atoms with van der Waals surface area (Å²) in [5.74, 6) is 0. The van der Waals surface area contributed by atoms with E-state index in [2.05, 4.69) is 5.48 Å². The van der Waals surface area contributed by atoms with Crippen LogP contribution in [0.25, 0.3) is 0 Å². The third-order valence-electron chi connectivity index (χ3n) is 0.916. The van der Waals surface area contributed by atoms with Gasteiger partial charge in [0.05, 0.1) is 12.7 Å². The van der Waals surface area contributed by atoms with Gasteiger partial charge in [-0.2, -0.15) is 5.48 Å². The normalized spacial score (nSPS) is 26.6. The van der Waals surface area contributed by atoms with E-state index >= 15 is 0 Å². The van der Waals surface area contributed by atoms with Crippen LogP contribution in [0.5, 0.6) is 0 Å². The van der Waals surface area contributed by atoms with Crippen LogP contribution in [0.15, 0.2) is 12.2 Å². The first-order valence-corrected chi connectivity index (χ1v) is 2.59. The first-order valence-electron chi connectivity index (χ1n) is 2.59. The van der Waals surface area contributed by atoms with Crippen LogP contribution < -0.4 is 5.48 Å². The average molecular weight is 152 g/mol. The van der Waals surface area contributed by atoms with Crippen LogP contribution in [0.3, 0.4) is 0 Å². The van der Waals surface area contributed by atoms with Gasteiger partial charge in [0, 0.05) is 6.54 Å². The fourth-order valence-corrected chi connectivity index (χ4v) is 0.532. The Balaban J connectivity index is 0.000000640. The molecule has 0 aromatic carbocycles. The predicted octanol–water partition coefficient (Wildman–Crippen LogP) is -0.140. The number of hydroxylamine groups is 1. The van der Waals surface area contributed by atoms with Gasteiger partial charge in [-0.15, -0.1) is 12.4 Å². The van der Waals surface area contributed by atoms with Crippen LogP contribution in [0, 0.1) is 0 Å². The van der Waals surface area contributed by atoms with Gasteiger partial charge in [0.1, 0.15) is 0 Å². The van der Waals surface area contributed by atoms with E-state index in [1.165, 1.54) is 0 Å². The monoisotopic (exact) mass is 151 g/mol. The third kappa shape index (κ3) is 3.48. The lowest BCUT2D eigenvalue weighted by Gasteiger charge is -2.00. The topological polar surface area (TPSA) is 41.5 Å². The minimum absolute atomic E-state index is 0. The Bertz CT molecular complexity index is 97.0. The van der Waals surface area contributed by atoms with Crippen molar-refractivity contribution in [2.75, 3.05) is 13.2 Å². The number of nitrogens with one attached hydrogen (secondary N) is 1. The Morgan fingerprint density at radius 3 is 3.22 bits per heavy atom. The van der Waals surface area contributed by atoms with Gasteiger partial charge in [0.25, 0.3) is 0 Å². The molecule has 0 aliphatic carbocycles. The molecule has 1 rings (SSSR count). The number of aliphatic hydroxyl groups excluding tert-OH is 1. The molecule has 0 saturated carbocycles. The minimum atomic E-state index is -0.440. The Labute approximate surface area is 60.1 Å². The molecular weight excluding hydrogens is 142 g/mol. The average Bonchev–Trinajstić information content (AvgIpc) is 1.94. The largest absolute Gasteiger partial charge is 0.387 e. The van der Waals surface area contributed by atoms with Crippen molar-refractivity contribution in [1.82, 2.24) is 5.48 Å². The summed E-state index contributed by atoms with van der Waals surface area (Å²) in [4.78, 5) is 4.74. The van der Waals surface area contributed by atoms with Crippen molar-refractivity contribution in [3.8, 4) is 0 Å². The van der Waals surface area contributed by atoms with Gasteiger partial charge >= 0.3 is 0 Å². The highest BCUT2D eigenvalue weighted by Crippen LogP contribution is 1.89. The number of halogens is 1.